The molecule has 1 fully saturated rings. The minimum atomic E-state index is -4.40. The van der Waals surface area contributed by atoms with Crippen molar-refractivity contribution in [2.45, 2.75) is 19.1 Å². The van der Waals surface area contributed by atoms with Crippen LogP contribution in [0.25, 0.3) is 0 Å². The molecule has 0 aromatic carbocycles. The second kappa shape index (κ2) is 5.64. The van der Waals surface area contributed by atoms with Crippen LogP contribution in [0.1, 0.15) is 12.2 Å². The Morgan fingerprint density at radius 1 is 1.47 bits per heavy atom. The molecule has 7 heteroatoms. The number of halogens is 3. The maximum absolute atomic E-state index is 12.5. The fourth-order valence-electron chi connectivity index (χ4n) is 1.91. The fraction of sp³-hybridized carbons (Fsp3) is 0.583. The van der Waals surface area contributed by atoms with Gasteiger partial charge in [0.05, 0.1) is 12.8 Å². The van der Waals surface area contributed by atoms with E-state index in [4.69, 9.17) is 4.42 Å². The van der Waals surface area contributed by atoms with Crippen molar-refractivity contribution in [2.75, 3.05) is 19.6 Å². The molecular formula is C12H15F3N2O2. The van der Waals surface area contributed by atoms with Crippen LogP contribution in [0.15, 0.2) is 22.8 Å². The molecular weight excluding hydrogens is 261 g/mol. The van der Waals surface area contributed by atoms with Gasteiger partial charge in [-0.15, -0.1) is 0 Å². The van der Waals surface area contributed by atoms with Crippen molar-refractivity contribution in [3.63, 3.8) is 0 Å². The number of carbonyl (C=O) groups excluding carboxylic acids is 1. The minimum absolute atomic E-state index is 0.139. The highest BCUT2D eigenvalue weighted by atomic mass is 19.4. The average Bonchev–Trinajstić information content (AvgIpc) is 2.73. The van der Waals surface area contributed by atoms with Gasteiger partial charge in [-0.3, -0.25) is 4.79 Å². The zero-order valence-electron chi connectivity index (χ0n) is 10.2. The molecule has 1 amide bonds. The van der Waals surface area contributed by atoms with Crippen LogP contribution in [0.4, 0.5) is 13.2 Å². The summed E-state index contributed by atoms with van der Waals surface area (Å²) in [6.07, 6.45) is -2.88. The van der Waals surface area contributed by atoms with Crippen LogP contribution < -0.4 is 5.32 Å². The first-order valence-electron chi connectivity index (χ1n) is 6.01. The summed E-state index contributed by atoms with van der Waals surface area (Å²) < 4.78 is 42.5. The second-order valence-corrected chi connectivity index (χ2v) is 4.67. The number of hydrogen-bond acceptors (Lipinski definition) is 3. The van der Waals surface area contributed by atoms with E-state index >= 15 is 0 Å². The zero-order chi connectivity index (χ0) is 13.9. The molecule has 0 bridgehead atoms. The van der Waals surface area contributed by atoms with E-state index in [0.29, 0.717) is 18.8 Å². The Kier molecular flexibility index (Phi) is 4.14. The van der Waals surface area contributed by atoms with Crippen molar-refractivity contribution in [3.05, 3.63) is 24.2 Å². The number of nitrogens with zero attached hydrogens (tertiary/aromatic N) is 1. The van der Waals surface area contributed by atoms with Crippen LogP contribution in [-0.4, -0.2) is 36.6 Å². The first-order valence-corrected chi connectivity index (χ1v) is 6.01. The highest BCUT2D eigenvalue weighted by Crippen LogP contribution is 2.20. The number of amides is 1. The third-order valence-corrected chi connectivity index (χ3v) is 2.98. The molecule has 1 aromatic rings. The summed E-state index contributed by atoms with van der Waals surface area (Å²) in [6.45, 7) is -0.0170. The van der Waals surface area contributed by atoms with Crippen LogP contribution in [-0.2, 0) is 11.3 Å². The monoisotopic (exact) mass is 276 g/mol. The SMILES string of the molecule is O=C(CC1CNC1)N(Cc1ccco1)CC(F)(F)F. The number of alkyl halides is 3. The van der Waals surface area contributed by atoms with Crippen LogP contribution >= 0.6 is 0 Å². The van der Waals surface area contributed by atoms with Crippen molar-refractivity contribution >= 4 is 5.91 Å². The van der Waals surface area contributed by atoms with E-state index < -0.39 is 18.6 Å². The Hall–Kier alpha value is -1.50. The van der Waals surface area contributed by atoms with Crippen molar-refractivity contribution in [3.8, 4) is 0 Å². The molecule has 19 heavy (non-hydrogen) atoms. The lowest BCUT2D eigenvalue weighted by atomic mass is 9.98. The molecule has 0 unspecified atom stereocenters. The molecule has 0 atom stereocenters. The molecule has 106 valence electrons. The summed E-state index contributed by atoms with van der Waals surface area (Å²) in [5.74, 6) is 0.00407. The molecule has 2 heterocycles. The van der Waals surface area contributed by atoms with E-state index in [2.05, 4.69) is 5.32 Å². The van der Waals surface area contributed by atoms with Gasteiger partial charge in [-0.05, 0) is 31.1 Å². The van der Waals surface area contributed by atoms with Crippen LogP contribution in [0.2, 0.25) is 0 Å². The molecule has 1 N–H and O–H groups in total. The summed E-state index contributed by atoms with van der Waals surface area (Å²) in [4.78, 5) is 12.7. The molecule has 1 saturated heterocycles. The molecule has 1 aliphatic heterocycles. The van der Waals surface area contributed by atoms with Crippen molar-refractivity contribution < 1.29 is 22.4 Å². The topological polar surface area (TPSA) is 45.5 Å². The van der Waals surface area contributed by atoms with E-state index in [1.165, 1.54) is 6.26 Å². The van der Waals surface area contributed by atoms with Gasteiger partial charge in [0.25, 0.3) is 0 Å². The minimum Gasteiger partial charge on any atom is -0.467 e. The number of carbonyl (C=O) groups is 1. The van der Waals surface area contributed by atoms with Gasteiger partial charge in [-0.2, -0.15) is 13.2 Å². The molecule has 0 radical (unpaired) electrons. The Labute approximate surface area is 108 Å². The lowest BCUT2D eigenvalue weighted by Crippen LogP contribution is -2.46. The van der Waals surface area contributed by atoms with Gasteiger partial charge < -0.3 is 14.6 Å². The largest absolute Gasteiger partial charge is 0.467 e. The number of furan rings is 1. The zero-order valence-corrected chi connectivity index (χ0v) is 10.2. The maximum atomic E-state index is 12.5. The lowest BCUT2D eigenvalue weighted by Gasteiger charge is -2.30. The highest BCUT2D eigenvalue weighted by Gasteiger charge is 2.34. The van der Waals surface area contributed by atoms with Gasteiger partial charge in [0.1, 0.15) is 12.3 Å². The summed E-state index contributed by atoms with van der Waals surface area (Å²) >= 11 is 0. The Morgan fingerprint density at radius 2 is 2.21 bits per heavy atom. The smallest absolute Gasteiger partial charge is 0.406 e. The van der Waals surface area contributed by atoms with Crippen molar-refractivity contribution in [2.24, 2.45) is 5.92 Å². The summed E-state index contributed by atoms with van der Waals surface area (Å²) in [6, 6.07) is 3.14. The van der Waals surface area contributed by atoms with Gasteiger partial charge in [-0.25, -0.2) is 0 Å². The predicted octanol–water partition coefficient (Wildman–Crippen LogP) is 1.78. The predicted molar refractivity (Wildman–Crippen MR) is 61.2 cm³/mol. The van der Waals surface area contributed by atoms with Crippen LogP contribution in [0.5, 0.6) is 0 Å². The van der Waals surface area contributed by atoms with Gasteiger partial charge in [0.2, 0.25) is 5.91 Å². The number of rotatable bonds is 5. The van der Waals surface area contributed by atoms with Gasteiger partial charge >= 0.3 is 6.18 Å². The third kappa shape index (κ3) is 4.27. The van der Waals surface area contributed by atoms with Crippen LogP contribution in [0, 0.1) is 5.92 Å². The third-order valence-electron chi connectivity index (χ3n) is 2.98. The Morgan fingerprint density at radius 3 is 2.68 bits per heavy atom. The highest BCUT2D eigenvalue weighted by molar-refractivity contribution is 5.76. The van der Waals surface area contributed by atoms with E-state index in [1.807, 2.05) is 0 Å². The molecule has 1 aromatic heterocycles. The van der Waals surface area contributed by atoms with E-state index in [9.17, 15) is 18.0 Å². The first kappa shape index (κ1) is 13.9. The average molecular weight is 276 g/mol. The molecule has 0 aliphatic carbocycles. The molecule has 1 aliphatic rings. The number of nitrogens with one attached hydrogen (secondary N) is 1. The van der Waals surface area contributed by atoms with Crippen LogP contribution in [0.3, 0.4) is 0 Å². The van der Waals surface area contributed by atoms with Gasteiger partial charge in [-0.1, -0.05) is 0 Å². The summed E-state index contributed by atoms with van der Waals surface area (Å²) in [5.41, 5.74) is 0. The quantitative estimate of drug-likeness (QED) is 0.891. The molecule has 0 spiro atoms. The Balaban J connectivity index is 1.97. The maximum Gasteiger partial charge on any atom is 0.406 e. The second-order valence-electron chi connectivity index (χ2n) is 4.67. The number of hydrogen-bond donors (Lipinski definition) is 1. The Bertz CT molecular complexity index is 413. The molecule has 4 nitrogen and oxygen atoms in total. The van der Waals surface area contributed by atoms with Crippen molar-refractivity contribution in [1.29, 1.82) is 0 Å². The lowest BCUT2D eigenvalue weighted by molar-refractivity contribution is -0.163. The molecule has 2 rings (SSSR count). The fourth-order valence-corrected chi connectivity index (χ4v) is 1.91. The standard InChI is InChI=1S/C12H15F3N2O2/c13-12(14,15)8-17(7-10-2-1-3-19-10)11(18)4-9-5-16-6-9/h1-3,9,16H,4-8H2. The molecule has 0 saturated carbocycles. The van der Waals surface area contributed by atoms with E-state index in [1.54, 1.807) is 12.1 Å². The summed E-state index contributed by atoms with van der Waals surface area (Å²) in [7, 11) is 0. The van der Waals surface area contributed by atoms with Crippen molar-refractivity contribution in [1.82, 2.24) is 10.2 Å². The normalized spacial score (nSPS) is 16.2. The first-order chi connectivity index (χ1) is 8.94. The van der Waals surface area contributed by atoms with E-state index in [0.717, 1.165) is 4.90 Å². The summed E-state index contributed by atoms with van der Waals surface area (Å²) in [5, 5.41) is 2.99. The van der Waals surface area contributed by atoms with Gasteiger partial charge in [0, 0.05) is 6.42 Å². The van der Waals surface area contributed by atoms with Gasteiger partial charge in [0.15, 0.2) is 0 Å². The van der Waals surface area contributed by atoms with E-state index in [-0.39, 0.29) is 18.9 Å².